The number of nitrogens with zero attached hydrogens (tertiary/aromatic N) is 2. The van der Waals surface area contributed by atoms with E-state index in [0.717, 1.165) is 0 Å². The Balaban J connectivity index is 2.93. The highest BCUT2D eigenvalue weighted by Crippen LogP contribution is 2.22. The molecule has 0 aromatic carbocycles. The lowest BCUT2D eigenvalue weighted by molar-refractivity contribution is 0.135. The minimum atomic E-state index is -3.60. The van der Waals surface area contributed by atoms with Crippen LogP contribution in [0.3, 0.4) is 0 Å². The van der Waals surface area contributed by atoms with Crippen molar-refractivity contribution in [2.75, 3.05) is 26.3 Å². The standard InChI is InChI=1S/C11H17ClN2O3S/c1-3-14(7-8-17-4-2)18(15,16)11-9-13-6-5-10(11)12/h5-6,9H,3-4,7-8H2,1-2H3. The van der Waals surface area contributed by atoms with Gasteiger partial charge in [0.25, 0.3) is 0 Å². The summed E-state index contributed by atoms with van der Waals surface area (Å²) >= 11 is 5.89. The fourth-order valence-electron chi connectivity index (χ4n) is 1.45. The number of ether oxygens (including phenoxy) is 1. The predicted octanol–water partition coefficient (Wildman–Crippen LogP) is 1.78. The summed E-state index contributed by atoms with van der Waals surface area (Å²) in [5, 5.41) is 0.180. The Morgan fingerprint density at radius 1 is 1.44 bits per heavy atom. The minimum absolute atomic E-state index is 0.0324. The van der Waals surface area contributed by atoms with Gasteiger partial charge >= 0.3 is 0 Å². The van der Waals surface area contributed by atoms with Gasteiger partial charge in [0, 0.05) is 32.1 Å². The highest BCUT2D eigenvalue weighted by atomic mass is 35.5. The normalized spacial score (nSPS) is 12.0. The van der Waals surface area contributed by atoms with E-state index in [2.05, 4.69) is 4.98 Å². The maximum Gasteiger partial charge on any atom is 0.246 e. The Hall–Kier alpha value is -0.690. The molecular weight excluding hydrogens is 276 g/mol. The first-order valence-electron chi connectivity index (χ1n) is 5.71. The second kappa shape index (κ2) is 7.04. The zero-order valence-corrected chi connectivity index (χ0v) is 12.0. The summed E-state index contributed by atoms with van der Waals surface area (Å²) in [4.78, 5) is 3.84. The Kier molecular flexibility index (Phi) is 6.01. The smallest absolute Gasteiger partial charge is 0.246 e. The van der Waals surface area contributed by atoms with Crippen molar-refractivity contribution in [3.63, 3.8) is 0 Å². The van der Waals surface area contributed by atoms with Crippen LogP contribution in [0, 0.1) is 0 Å². The molecule has 1 aromatic rings. The summed E-state index contributed by atoms with van der Waals surface area (Å²) < 4.78 is 31.1. The Morgan fingerprint density at radius 2 is 2.17 bits per heavy atom. The zero-order chi connectivity index (χ0) is 13.6. The van der Waals surface area contributed by atoms with Gasteiger partial charge in [0.1, 0.15) is 4.90 Å². The Morgan fingerprint density at radius 3 is 2.72 bits per heavy atom. The first-order valence-corrected chi connectivity index (χ1v) is 7.53. The van der Waals surface area contributed by atoms with Crippen molar-refractivity contribution in [3.05, 3.63) is 23.5 Å². The molecule has 0 N–H and O–H groups in total. The second-order valence-electron chi connectivity index (χ2n) is 3.50. The molecule has 0 aliphatic heterocycles. The van der Waals surface area contributed by atoms with Gasteiger partial charge in [0.2, 0.25) is 10.0 Å². The number of rotatable bonds is 7. The van der Waals surface area contributed by atoms with Crippen LogP contribution in [0.1, 0.15) is 13.8 Å². The molecule has 1 heterocycles. The molecular formula is C11H17ClN2O3S. The van der Waals surface area contributed by atoms with E-state index in [4.69, 9.17) is 16.3 Å². The molecule has 0 radical (unpaired) electrons. The number of hydrogen-bond acceptors (Lipinski definition) is 4. The number of hydrogen-bond donors (Lipinski definition) is 0. The van der Waals surface area contributed by atoms with Gasteiger partial charge in [-0.15, -0.1) is 0 Å². The van der Waals surface area contributed by atoms with Gasteiger partial charge in [-0.25, -0.2) is 8.42 Å². The molecule has 0 atom stereocenters. The number of halogens is 1. The molecule has 0 bridgehead atoms. The second-order valence-corrected chi connectivity index (χ2v) is 5.81. The molecule has 0 aliphatic carbocycles. The molecule has 5 nitrogen and oxygen atoms in total. The van der Waals surface area contributed by atoms with E-state index >= 15 is 0 Å². The van der Waals surface area contributed by atoms with Crippen LogP contribution in [0.15, 0.2) is 23.4 Å². The third-order valence-corrected chi connectivity index (χ3v) is 4.84. The predicted molar refractivity (Wildman–Crippen MR) is 70.2 cm³/mol. The van der Waals surface area contributed by atoms with Gasteiger partial charge in [-0.1, -0.05) is 18.5 Å². The summed E-state index contributed by atoms with van der Waals surface area (Å²) in [6.07, 6.45) is 2.72. The van der Waals surface area contributed by atoms with Crippen molar-refractivity contribution in [2.24, 2.45) is 0 Å². The lowest BCUT2D eigenvalue weighted by Crippen LogP contribution is -2.34. The van der Waals surface area contributed by atoms with Gasteiger partial charge < -0.3 is 4.74 Å². The van der Waals surface area contributed by atoms with Crippen LogP contribution in [-0.4, -0.2) is 44.0 Å². The molecule has 1 rings (SSSR count). The number of sulfonamides is 1. The molecule has 0 spiro atoms. The van der Waals surface area contributed by atoms with E-state index in [-0.39, 0.29) is 9.92 Å². The SMILES string of the molecule is CCOCCN(CC)S(=O)(=O)c1cnccc1Cl. The topological polar surface area (TPSA) is 59.5 Å². The van der Waals surface area contributed by atoms with Crippen molar-refractivity contribution in [3.8, 4) is 0 Å². The summed E-state index contributed by atoms with van der Waals surface area (Å²) in [6.45, 7) is 5.22. The lowest BCUT2D eigenvalue weighted by atomic mass is 10.5. The molecule has 7 heteroatoms. The average Bonchev–Trinajstić information content (AvgIpc) is 2.34. The van der Waals surface area contributed by atoms with Crippen LogP contribution in [0.2, 0.25) is 5.02 Å². The van der Waals surface area contributed by atoms with Crippen LogP contribution in [0.25, 0.3) is 0 Å². The van der Waals surface area contributed by atoms with E-state index < -0.39 is 10.0 Å². The highest BCUT2D eigenvalue weighted by Gasteiger charge is 2.25. The van der Waals surface area contributed by atoms with Crippen LogP contribution in [0.5, 0.6) is 0 Å². The maximum absolute atomic E-state index is 12.3. The molecule has 102 valence electrons. The quantitative estimate of drug-likeness (QED) is 0.719. The van der Waals surface area contributed by atoms with Crippen LogP contribution in [0.4, 0.5) is 0 Å². The van der Waals surface area contributed by atoms with Crippen molar-refractivity contribution in [1.29, 1.82) is 0 Å². The van der Waals surface area contributed by atoms with Crippen LogP contribution < -0.4 is 0 Å². The van der Waals surface area contributed by atoms with E-state index in [1.165, 1.54) is 22.8 Å². The first kappa shape index (κ1) is 15.4. The van der Waals surface area contributed by atoms with Gasteiger partial charge in [-0.05, 0) is 13.0 Å². The summed E-state index contributed by atoms with van der Waals surface area (Å²) in [5.41, 5.74) is 0. The minimum Gasteiger partial charge on any atom is -0.380 e. The molecule has 0 saturated carbocycles. The molecule has 0 amide bonds. The van der Waals surface area contributed by atoms with Crippen molar-refractivity contribution >= 4 is 21.6 Å². The van der Waals surface area contributed by atoms with Crippen LogP contribution in [-0.2, 0) is 14.8 Å². The molecule has 18 heavy (non-hydrogen) atoms. The molecule has 0 aliphatic rings. The maximum atomic E-state index is 12.3. The average molecular weight is 293 g/mol. The fourth-order valence-corrected chi connectivity index (χ4v) is 3.29. The monoisotopic (exact) mass is 292 g/mol. The van der Waals surface area contributed by atoms with E-state index in [9.17, 15) is 8.42 Å². The Labute approximate surface area is 113 Å². The van der Waals surface area contributed by atoms with Crippen molar-refractivity contribution in [2.45, 2.75) is 18.7 Å². The third kappa shape index (κ3) is 3.65. The zero-order valence-electron chi connectivity index (χ0n) is 10.5. The number of pyridine rings is 1. The Bertz CT molecular complexity index is 479. The first-order chi connectivity index (χ1) is 8.54. The highest BCUT2D eigenvalue weighted by molar-refractivity contribution is 7.89. The lowest BCUT2D eigenvalue weighted by Gasteiger charge is -2.20. The van der Waals surface area contributed by atoms with Gasteiger partial charge in [-0.2, -0.15) is 4.31 Å². The summed E-state index contributed by atoms with van der Waals surface area (Å²) in [6, 6.07) is 1.46. The molecule has 0 fully saturated rings. The molecule has 1 aromatic heterocycles. The van der Waals surface area contributed by atoms with E-state index in [1.54, 1.807) is 6.92 Å². The van der Waals surface area contributed by atoms with E-state index in [1.807, 2.05) is 6.92 Å². The molecule has 0 saturated heterocycles. The molecule has 0 unspecified atom stereocenters. The van der Waals surface area contributed by atoms with Gasteiger partial charge in [0.05, 0.1) is 11.6 Å². The third-order valence-electron chi connectivity index (χ3n) is 2.39. The largest absolute Gasteiger partial charge is 0.380 e. The number of aromatic nitrogens is 1. The van der Waals surface area contributed by atoms with Gasteiger partial charge in [0.15, 0.2) is 0 Å². The fraction of sp³-hybridized carbons (Fsp3) is 0.545. The van der Waals surface area contributed by atoms with Crippen LogP contribution >= 0.6 is 11.6 Å². The van der Waals surface area contributed by atoms with Gasteiger partial charge in [-0.3, -0.25) is 4.98 Å². The summed E-state index contributed by atoms with van der Waals surface area (Å²) in [5.74, 6) is 0. The van der Waals surface area contributed by atoms with Crippen molar-refractivity contribution < 1.29 is 13.2 Å². The van der Waals surface area contributed by atoms with Crippen molar-refractivity contribution in [1.82, 2.24) is 9.29 Å². The number of likely N-dealkylation sites (N-methyl/N-ethyl adjacent to an activating group) is 1. The summed E-state index contributed by atoms with van der Waals surface area (Å²) in [7, 11) is -3.60. The van der Waals surface area contributed by atoms with E-state index in [0.29, 0.717) is 26.3 Å².